The Morgan fingerprint density at radius 1 is 1.39 bits per heavy atom. The lowest BCUT2D eigenvalue weighted by Gasteiger charge is -2.02. The van der Waals surface area contributed by atoms with Gasteiger partial charge in [-0.05, 0) is 37.3 Å². The smallest absolute Gasteiger partial charge is 0.335 e. The molecule has 0 atom stereocenters. The number of carboxylic acid groups (broad SMARTS) is 1. The number of hydrogen-bond acceptors (Lipinski definition) is 3. The van der Waals surface area contributed by atoms with Crippen molar-refractivity contribution in [1.29, 1.82) is 0 Å². The summed E-state index contributed by atoms with van der Waals surface area (Å²) in [5, 5.41) is 13.1. The van der Waals surface area contributed by atoms with E-state index in [0.29, 0.717) is 5.56 Å². The third-order valence-corrected chi connectivity index (χ3v) is 3.63. The maximum absolute atomic E-state index is 10.7. The Bertz CT molecular complexity index is 561. The van der Waals surface area contributed by atoms with Gasteiger partial charge in [-0.2, -0.15) is 5.10 Å². The van der Waals surface area contributed by atoms with Gasteiger partial charge in [0.2, 0.25) is 0 Å². The molecule has 0 saturated carbocycles. The van der Waals surface area contributed by atoms with E-state index in [1.54, 1.807) is 23.9 Å². The molecule has 1 heterocycles. The molecule has 2 aromatic rings. The van der Waals surface area contributed by atoms with Gasteiger partial charge in [0.1, 0.15) is 0 Å². The number of benzene rings is 1. The van der Waals surface area contributed by atoms with Gasteiger partial charge in [-0.3, -0.25) is 4.68 Å². The SMILES string of the molecule is Cc1cc(CSc2ccc(C(=O)O)cc2)n(C)n1. The molecule has 0 spiro atoms. The summed E-state index contributed by atoms with van der Waals surface area (Å²) in [5.41, 5.74) is 2.48. The summed E-state index contributed by atoms with van der Waals surface area (Å²) in [6, 6.07) is 8.96. The zero-order valence-corrected chi connectivity index (χ0v) is 11.1. The summed E-state index contributed by atoms with van der Waals surface area (Å²) >= 11 is 1.67. The Hall–Kier alpha value is -1.75. The summed E-state index contributed by atoms with van der Waals surface area (Å²) in [5.74, 6) is -0.0714. The zero-order chi connectivity index (χ0) is 13.1. The summed E-state index contributed by atoms with van der Waals surface area (Å²) in [6.45, 7) is 1.97. The highest BCUT2D eigenvalue weighted by Crippen LogP contribution is 2.23. The van der Waals surface area contributed by atoms with Crippen molar-refractivity contribution in [3.8, 4) is 0 Å². The summed E-state index contributed by atoms with van der Waals surface area (Å²) in [7, 11) is 1.93. The number of carboxylic acids is 1. The van der Waals surface area contributed by atoms with Crippen molar-refractivity contribution in [1.82, 2.24) is 9.78 Å². The maximum atomic E-state index is 10.7. The van der Waals surface area contributed by atoms with Crippen molar-refractivity contribution in [3.63, 3.8) is 0 Å². The van der Waals surface area contributed by atoms with Crippen molar-refractivity contribution in [2.24, 2.45) is 7.05 Å². The van der Waals surface area contributed by atoms with E-state index in [4.69, 9.17) is 5.11 Å². The van der Waals surface area contributed by atoms with Gasteiger partial charge in [-0.25, -0.2) is 4.79 Å². The summed E-state index contributed by atoms with van der Waals surface area (Å²) in [6.07, 6.45) is 0. The van der Waals surface area contributed by atoms with Crippen LogP contribution >= 0.6 is 11.8 Å². The number of rotatable bonds is 4. The molecular formula is C13H14N2O2S. The first-order valence-corrected chi connectivity index (χ1v) is 6.50. The molecule has 0 unspecified atom stereocenters. The van der Waals surface area contributed by atoms with Crippen LogP contribution in [0.2, 0.25) is 0 Å². The molecule has 2 rings (SSSR count). The minimum atomic E-state index is -0.895. The Kier molecular flexibility index (Phi) is 3.72. The molecule has 0 aliphatic rings. The number of aromatic carboxylic acids is 1. The van der Waals surface area contributed by atoms with Crippen LogP contribution in [-0.2, 0) is 12.8 Å². The first-order chi connectivity index (χ1) is 8.56. The topological polar surface area (TPSA) is 55.1 Å². The van der Waals surface area contributed by atoms with E-state index in [0.717, 1.165) is 22.0 Å². The zero-order valence-electron chi connectivity index (χ0n) is 10.3. The van der Waals surface area contributed by atoms with Gasteiger partial charge in [0.15, 0.2) is 0 Å². The molecule has 1 aromatic heterocycles. The highest BCUT2D eigenvalue weighted by molar-refractivity contribution is 7.98. The Balaban J connectivity index is 2.02. The first kappa shape index (κ1) is 12.7. The lowest BCUT2D eigenvalue weighted by Crippen LogP contribution is -1.96. The molecule has 4 nitrogen and oxygen atoms in total. The van der Waals surface area contributed by atoms with Crippen molar-refractivity contribution in [3.05, 3.63) is 47.3 Å². The van der Waals surface area contributed by atoms with Crippen LogP contribution in [0.15, 0.2) is 35.2 Å². The van der Waals surface area contributed by atoms with Crippen LogP contribution in [0.3, 0.4) is 0 Å². The molecular weight excluding hydrogens is 248 g/mol. The average Bonchev–Trinajstić information content (AvgIpc) is 2.66. The van der Waals surface area contributed by atoms with Crippen LogP contribution in [0.1, 0.15) is 21.7 Å². The average molecular weight is 262 g/mol. The van der Waals surface area contributed by atoms with E-state index in [1.165, 1.54) is 0 Å². The minimum Gasteiger partial charge on any atom is -0.478 e. The second-order valence-corrected chi connectivity index (χ2v) is 5.07. The van der Waals surface area contributed by atoms with Gasteiger partial charge < -0.3 is 5.11 Å². The molecule has 1 aromatic carbocycles. The Morgan fingerprint density at radius 2 is 2.06 bits per heavy atom. The Labute approximate surface area is 110 Å². The van der Waals surface area contributed by atoms with Crippen LogP contribution in [0.5, 0.6) is 0 Å². The van der Waals surface area contributed by atoms with E-state index in [-0.39, 0.29) is 0 Å². The fraction of sp³-hybridized carbons (Fsp3) is 0.231. The number of aromatic nitrogens is 2. The van der Waals surface area contributed by atoms with Gasteiger partial charge in [0.25, 0.3) is 0 Å². The van der Waals surface area contributed by atoms with E-state index in [9.17, 15) is 4.79 Å². The van der Waals surface area contributed by atoms with Crippen molar-refractivity contribution >= 4 is 17.7 Å². The second-order valence-electron chi connectivity index (χ2n) is 4.02. The maximum Gasteiger partial charge on any atom is 0.335 e. The normalized spacial score (nSPS) is 10.6. The van der Waals surface area contributed by atoms with Gasteiger partial charge in [0.05, 0.1) is 11.3 Å². The largest absolute Gasteiger partial charge is 0.478 e. The quantitative estimate of drug-likeness (QED) is 0.861. The predicted molar refractivity (Wildman–Crippen MR) is 70.9 cm³/mol. The fourth-order valence-corrected chi connectivity index (χ4v) is 2.56. The lowest BCUT2D eigenvalue weighted by molar-refractivity contribution is 0.0697. The summed E-state index contributed by atoms with van der Waals surface area (Å²) in [4.78, 5) is 11.8. The van der Waals surface area contributed by atoms with Gasteiger partial charge >= 0.3 is 5.97 Å². The monoisotopic (exact) mass is 262 g/mol. The Morgan fingerprint density at radius 3 is 2.56 bits per heavy atom. The highest BCUT2D eigenvalue weighted by Gasteiger charge is 2.05. The number of carbonyl (C=O) groups is 1. The van der Waals surface area contributed by atoms with Crippen LogP contribution in [0, 0.1) is 6.92 Å². The molecule has 0 bridgehead atoms. The molecule has 94 valence electrons. The molecule has 1 N–H and O–H groups in total. The molecule has 0 aliphatic heterocycles. The molecule has 0 radical (unpaired) electrons. The standard InChI is InChI=1S/C13H14N2O2S/c1-9-7-11(15(2)14-9)8-18-12-5-3-10(4-6-12)13(16)17/h3-7H,8H2,1-2H3,(H,16,17). The molecule has 5 heteroatoms. The van der Waals surface area contributed by atoms with E-state index in [2.05, 4.69) is 11.2 Å². The third-order valence-electron chi connectivity index (χ3n) is 2.59. The lowest BCUT2D eigenvalue weighted by atomic mass is 10.2. The molecule has 0 aliphatic carbocycles. The minimum absolute atomic E-state index is 0.315. The number of thioether (sulfide) groups is 1. The molecule has 0 amide bonds. The first-order valence-electron chi connectivity index (χ1n) is 5.52. The van der Waals surface area contributed by atoms with Crippen LogP contribution in [-0.4, -0.2) is 20.9 Å². The fourth-order valence-electron chi connectivity index (χ4n) is 1.65. The van der Waals surface area contributed by atoms with E-state index >= 15 is 0 Å². The number of aryl methyl sites for hydroxylation is 2. The van der Waals surface area contributed by atoms with Crippen LogP contribution in [0.4, 0.5) is 0 Å². The van der Waals surface area contributed by atoms with Crippen molar-refractivity contribution in [2.45, 2.75) is 17.6 Å². The van der Waals surface area contributed by atoms with Crippen molar-refractivity contribution in [2.75, 3.05) is 0 Å². The van der Waals surface area contributed by atoms with Crippen LogP contribution < -0.4 is 0 Å². The number of hydrogen-bond donors (Lipinski definition) is 1. The molecule has 0 fully saturated rings. The van der Waals surface area contributed by atoms with E-state index in [1.807, 2.05) is 30.8 Å². The highest BCUT2D eigenvalue weighted by atomic mass is 32.2. The van der Waals surface area contributed by atoms with Gasteiger partial charge in [-0.1, -0.05) is 0 Å². The van der Waals surface area contributed by atoms with Gasteiger partial charge in [-0.15, -0.1) is 11.8 Å². The van der Waals surface area contributed by atoms with Crippen LogP contribution in [0.25, 0.3) is 0 Å². The summed E-state index contributed by atoms with van der Waals surface area (Å²) < 4.78 is 1.87. The molecule has 18 heavy (non-hydrogen) atoms. The molecule has 0 saturated heterocycles. The number of nitrogens with zero attached hydrogens (tertiary/aromatic N) is 2. The van der Waals surface area contributed by atoms with E-state index < -0.39 is 5.97 Å². The van der Waals surface area contributed by atoms with Gasteiger partial charge in [0, 0.05) is 23.4 Å². The van der Waals surface area contributed by atoms with Crippen molar-refractivity contribution < 1.29 is 9.90 Å². The third kappa shape index (κ3) is 2.92. The predicted octanol–water partition coefficient (Wildman–Crippen LogP) is 2.72. The second kappa shape index (κ2) is 5.27.